The van der Waals surface area contributed by atoms with Gasteiger partial charge >= 0.3 is 0 Å². The first-order valence-corrected chi connectivity index (χ1v) is 11.8. The lowest BCUT2D eigenvalue weighted by Crippen LogP contribution is -2.34. The minimum atomic E-state index is -0.197. The molecule has 0 saturated heterocycles. The number of aryl methyl sites for hydroxylation is 1. The van der Waals surface area contributed by atoms with Crippen molar-refractivity contribution in [3.63, 3.8) is 0 Å². The van der Waals surface area contributed by atoms with Gasteiger partial charge in [0.15, 0.2) is 0 Å². The molecule has 0 atom stereocenters. The molecule has 35 heavy (non-hydrogen) atoms. The van der Waals surface area contributed by atoms with E-state index in [9.17, 15) is 4.79 Å². The third-order valence-electron chi connectivity index (χ3n) is 5.47. The molecule has 0 aliphatic rings. The van der Waals surface area contributed by atoms with Gasteiger partial charge in [-0.1, -0.05) is 53.5 Å². The van der Waals surface area contributed by atoms with E-state index in [4.69, 9.17) is 37.8 Å². The Balaban J connectivity index is 1.76. The number of aromatic nitrogens is 2. The predicted octanol–water partition coefficient (Wildman–Crippen LogP) is 6.57. The van der Waals surface area contributed by atoms with Crippen LogP contribution in [0.4, 0.5) is 0 Å². The molecule has 1 heterocycles. The number of para-hydroxylation sites is 1. The van der Waals surface area contributed by atoms with Crippen LogP contribution in [0, 0.1) is 6.92 Å². The molecule has 1 amide bonds. The van der Waals surface area contributed by atoms with E-state index in [0.717, 1.165) is 16.9 Å². The van der Waals surface area contributed by atoms with E-state index in [2.05, 4.69) is 0 Å². The fraction of sp³-hybridized carbons (Fsp3) is 0.185. The Morgan fingerprint density at radius 3 is 2.34 bits per heavy atom. The van der Waals surface area contributed by atoms with Crippen molar-refractivity contribution in [3.05, 3.63) is 106 Å². The molecular weight excluding hydrogens is 485 g/mol. The maximum absolute atomic E-state index is 13.5. The van der Waals surface area contributed by atoms with Crippen LogP contribution < -0.4 is 4.74 Å². The number of methoxy groups -OCH3 is 1. The van der Waals surface area contributed by atoms with Crippen LogP contribution in [0.2, 0.25) is 10.0 Å². The molecule has 1 aromatic heterocycles. The maximum atomic E-state index is 13.5. The standard InChI is InChI=1S/C27H25Cl2N3O3/c1-19-24(18-31(16-17-34-2)26(33)23-10-6-7-11-25(23)29)27(35-22-8-4-3-5-9-22)32(30-19)21-14-12-20(28)13-15-21/h3-15H,16-18H2,1-2H3. The molecule has 0 radical (unpaired) electrons. The molecule has 0 unspecified atom stereocenters. The lowest BCUT2D eigenvalue weighted by molar-refractivity contribution is 0.0679. The van der Waals surface area contributed by atoms with Gasteiger partial charge < -0.3 is 14.4 Å². The number of carbonyl (C=O) groups excluding carboxylic acids is 1. The summed E-state index contributed by atoms with van der Waals surface area (Å²) in [5.41, 5.74) is 2.73. The molecule has 8 heteroatoms. The zero-order chi connectivity index (χ0) is 24.8. The molecule has 0 fully saturated rings. The second-order valence-corrected chi connectivity index (χ2v) is 8.72. The van der Waals surface area contributed by atoms with Gasteiger partial charge in [0, 0.05) is 18.7 Å². The van der Waals surface area contributed by atoms with Gasteiger partial charge in [0.1, 0.15) is 5.75 Å². The number of hydrogen-bond donors (Lipinski definition) is 0. The van der Waals surface area contributed by atoms with Gasteiger partial charge in [-0.3, -0.25) is 4.79 Å². The lowest BCUT2D eigenvalue weighted by Gasteiger charge is -2.23. The highest BCUT2D eigenvalue weighted by molar-refractivity contribution is 6.33. The summed E-state index contributed by atoms with van der Waals surface area (Å²) in [6.45, 7) is 2.90. The van der Waals surface area contributed by atoms with Crippen molar-refractivity contribution in [1.82, 2.24) is 14.7 Å². The summed E-state index contributed by atoms with van der Waals surface area (Å²) in [7, 11) is 1.60. The largest absolute Gasteiger partial charge is 0.439 e. The summed E-state index contributed by atoms with van der Waals surface area (Å²) < 4.78 is 13.3. The highest BCUT2D eigenvalue weighted by Gasteiger charge is 2.25. The van der Waals surface area contributed by atoms with Crippen LogP contribution in [0.1, 0.15) is 21.6 Å². The average Bonchev–Trinajstić information content (AvgIpc) is 3.17. The number of benzene rings is 3. The van der Waals surface area contributed by atoms with Crippen LogP contribution in [0.5, 0.6) is 11.6 Å². The topological polar surface area (TPSA) is 56.6 Å². The Morgan fingerprint density at radius 2 is 1.66 bits per heavy atom. The highest BCUT2D eigenvalue weighted by Crippen LogP contribution is 2.32. The lowest BCUT2D eigenvalue weighted by atomic mass is 10.1. The summed E-state index contributed by atoms with van der Waals surface area (Å²) in [5, 5.41) is 5.76. The number of hydrogen-bond acceptors (Lipinski definition) is 4. The normalized spacial score (nSPS) is 10.9. The van der Waals surface area contributed by atoms with Crippen molar-refractivity contribution < 1.29 is 14.3 Å². The van der Waals surface area contributed by atoms with E-state index in [1.165, 1.54) is 0 Å². The van der Waals surface area contributed by atoms with Gasteiger partial charge in [-0.05, 0) is 55.5 Å². The first kappa shape index (κ1) is 24.8. The summed E-state index contributed by atoms with van der Waals surface area (Å²) in [4.78, 5) is 15.2. The molecule has 0 saturated carbocycles. The molecule has 0 N–H and O–H groups in total. The Kier molecular flexibility index (Phi) is 8.08. The van der Waals surface area contributed by atoms with E-state index in [1.807, 2.05) is 49.4 Å². The van der Waals surface area contributed by atoms with Gasteiger partial charge in [-0.25, -0.2) is 4.68 Å². The fourth-order valence-corrected chi connectivity index (χ4v) is 3.97. The van der Waals surface area contributed by atoms with Crippen molar-refractivity contribution in [2.45, 2.75) is 13.5 Å². The van der Waals surface area contributed by atoms with Crippen LogP contribution >= 0.6 is 23.2 Å². The molecule has 0 aliphatic carbocycles. The van der Waals surface area contributed by atoms with E-state index < -0.39 is 0 Å². The van der Waals surface area contributed by atoms with Crippen molar-refractivity contribution in [2.24, 2.45) is 0 Å². The van der Waals surface area contributed by atoms with Gasteiger partial charge in [0.2, 0.25) is 5.88 Å². The average molecular weight is 510 g/mol. The van der Waals surface area contributed by atoms with Crippen LogP contribution in [-0.4, -0.2) is 40.8 Å². The molecule has 0 aliphatic heterocycles. The third kappa shape index (κ3) is 5.85. The zero-order valence-electron chi connectivity index (χ0n) is 19.4. The van der Waals surface area contributed by atoms with Gasteiger partial charge in [0.25, 0.3) is 5.91 Å². The van der Waals surface area contributed by atoms with Crippen molar-refractivity contribution >= 4 is 29.1 Å². The Morgan fingerprint density at radius 1 is 0.971 bits per heavy atom. The molecule has 4 aromatic rings. The number of carbonyl (C=O) groups is 1. The summed E-state index contributed by atoms with van der Waals surface area (Å²) in [5.74, 6) is 0.979. The molecule has 6 nitrogen and oxygen atoms in total. The number of nitrogens with zero attached hydrogens (tertiary/aromatic N) is 3. The van der Waals surface area contributed by atoms with Crippen LogP contribution in [0.3, 0.4) is 0 Å². The quantitative estimate of drug-likeness (QED) is 0.256. The number of ether oxygens (including phenoxy) is 2. The van der Waals surface area contributed by atoms with Gasteiger partial charge in [-0.15, -0.1) is 0 Å². The highest BCUT2D eigenvalue weighted by atomic mass is 35.5. The van der Waals surface area contributed by atoms with Crippen LogP contribution in [-0.2, 0) is 11.3 Å². The van der Waals surface area contributed by atoms with Gasteiger partial charge in [-0.2, -0.15) is 5.10 Å². The minimum absolute atomic E-state index is 0.197. The minimum Gasteiger partial charge on any atom is -0.439 e. The smallest absolute Gasteiger partial charge is 0.255 e. The predicted molar refractivity (Wildman–Crippen MR) is 138 cm³/mol. The van der Waals surface area contributed by atoms with E-state index in [-0.39, 0.29) is 12.5 Å². The molecule has 4 rings (SSSR count). The zero-order valence-corrected chi connectivity index (χ0v) is 21.0. The van der Waals surface area contributed by atoms with E-state index in [0.29, 0.717) is 40.4 Å². The molecule has 0 bridgehead atoms. The Hall–Kier alpha value is -3.32. The molecule has 180 valence electrons. The fourth-order valence-electron chi connectivity index (χ4n) is 3.63. The van der Waals surface area contributed by atoms with E-state index in [1.54, 1.807) is 53.1 Å². The summed E-state index contributed by atoms with van der Waals surface area (Å²) in [6.07, 6.45) is 0. The number of amides is 1. The monoisotopic (exact) mass is 509 g/mol. The van der Waals surface area contributed by atoms with Crippen LogP contribution in [0.15, 0.2) is 78.9 Å². The van der Waals surface area contributed by atoms with Crippen LogP contribution in [0.25, 0.3) is 5.69 Å². The second-order valence-electron chi connectivity index (χ2n) is 7.87. The number of rotatable bonds is 9. The third-order valence-corrected chi connectivity index (χ3v) is 6.05. The Bertz CT molecular complexity index is 1290. The van der Waals surface area contributed by atoms with E-state index >= 15 is 0 Å². The summed E-state index contributed by atoms with van der Waals surface area (Å²) in [6, 6.07) is 23.8. The maximum Gasteiger partial charge on any atom is 0.255 e. The van der Waals surface area contributed by atoms with Crippen molar-refractivity contribution in [1.29, 1.82) is 0 Å². The molecular formula is C27H25Cl2N3O3. The Labute approximate surface area is 214 Å². The molecule has 3 aromatic carbocycles. The summed E-state index contributed by atoms with van der Waals surface area (Å²) >= 11 is 12.4. The second kappa shape index (κ2) is 11.4. The first-order chi connectivity index (χ1) is 17.0. The SMILES string of the molecule is COCCN(Cc1c(C)nn(-c2ccc(Cl)cc2)c1Oc1ccccc1)C(=O)c1ccccc1Cl. The first-order valence-electron chi connectivity index (χ1n) is 11.1. The van der Waals surface area contributed by atoms with Crippen molar-refractivity contribution in [3.8, 4) is 17.3 Å². The van der Waals surface area contributed by atoms with Crippen molar-refractivity contribution in [2.75, 3.05) is 20.3 Å². The van der Waals surface area contributed by atoms with Gasteiger partial charge in [0.05, 0.1) is 40.7 Å². The number of halogens is 2. The molecule has 0 spiro atoms.